The minimum Gasteiger partial charge on any atom is -0.507 e. The lowest BCUT2D eigenvalue weighted by Gasteiger charge is -2.19. The van der Waals surface area contributed by atoms with Crippen molar-refractivity contribution < 1.29 is 17.4 Å². The molecule has 0 saturated carbocycles. The number of fused-ring (bicyclic) bond motifs is 1. The number of aromatic hydroxyl groups is 1. The molecule has 63 heavy (non-hydrogen) atoms. The van der Waals surface area contributed by atoms with Crippen molar-refractivity contribution in [1.82, 2.24) is 14.5 Å². The lowest BCUT2D eigenvalue weighted by atomic mass is 9.86. The van der Waals surface area contributed by atoms with Gasteiger partial charge in [0.15, 0.2) is 0 Å². The molecule has 7 aromatic carbocycles. The summed E-state index contributed by atoms with van der Waals surface area (Å²) in [4.78, 5) is 10.4. The van der Waals surface area contributed by atoms with Crippen LogP contribution in [0.25, 0.3) is 83.9 Å². The Balaban J connectivity index is 1.25. The smallest absolute Gasteiger partial charge is 0.149 e. The fraction of sp³-hybridized carbons (Fsp3) is 0.186. The molecule has 4 heteroatoms. The van der Waals surface area contributed by atoms with Gasteiger partial charge in [0, 0.05) is 35.3 Å². The molecule has 1 N–H and O–H groups in total. The number of benzene rings is 7. The van der Waals surface area contributed by atoms with Crippen LogP contribution in [-0.4, -0.2) is 19.6 Å². The number of imidazole rings is 1. The summed E-state index contributed by atoms with van der Waals surface area (Å²) >= 11 is 0. The minimum atomic E-state index is -3.37. The number of hydrogen-bond acceptors (Lipinski definition) is 3. The predicted molar refractivity (Wildman–Crippen MR) is 265 cm³/mol. The zero-order chi connectivity index (χ0) is 51.5. The van der Waals surface area contributed by atoms with Crippen LogP contribution in [0.3, 0.4) is 0 Å². The number of nitrogens with zero attached hydrogens (tertiary/aromatic N) is 3. The van der Waals surface area contributed by atoms with E-state index in [9.17, 15) is 5.11 Å². The van der Waals surface area contributed by atoms with E-state index in [1.54, 1.807) is 24.4 Å². The van der Waals surface area contributed by atoms with Gasteiger partial charge in [-0.3, -0.25) is 9.55 Å². The highest BCUT2D eigenvalue weighted by atomic mass is 16.3. The molecule has 2 aromatic heterocycles. The third-order valence-corrected chi connectivity index (χ3v) is 11.9. The number of aromatic nitrogens is 3. The summed E-state index contributed by atoms with van der Waals surface area (Å²) in [5.74, 6) is 1.04. The average Bonchev–Trinajstić information content (AvgIpc) is 3.73. The van der Waals surface area contributed by atoms with E-state index in [1.807, 2.05) is 48.5 Å². The van der Waals surface area contributed by atoms with Gasteiger partial charge in [-0.25, -0.2) is 4.98 Å². The van der Waals surface area contributed by atoms with Gasteiger partial charge in [0.05, 0.1) is 22.3 Å². The molecule has 0 radical (unpaired) electrons. The molecule has 0 amide bonds. The average molecular weight is 831 g/mol. The highest BCUT2D eigenvalue weighted by molar-refractivity contribution is 5.98. The third-order valence-electron chi connectivity index (χ3n) is 11.9. The fourth-order valence-electron chi connectivity index (χ4n) is 8.50. The molecule has 0 aliphatic heterocycles. The van der Waals surface area contributed by atoms with E-state index >= 15 is 0 Å². The van der Waals surface area contributed by atoms with E-state index < -0.39 is 26.0 Å². The minimum absolute atomic E-state index is 0.0499. The van der Waals surface area contributed by atoms with Crippen molar-refractivity contribution in [2.75, 3.05) is 0 Å². The van der Waals surface area contributed by atoms with Crippen molar-refractivity contribution in [3.63, 3.8) is 0 Å². The number of aryl methyl sites for hydroxylation is 1. The first-order valence-corrected chi connectivity index (χ1v) is 21.4. The first kappa shape index (κ1) is 31.8. The molecule has 9 rings (SSSR count). The molecule has 0 atom stereocenters. The number of para-hydroxylation sites is 1. The maximum Gasteiger partial charge on any atom is 0.149 e. The summed E-state index contributed by atoms with van der Waals surface area (Å²) in [6, 6.07) is 52.9. The number of hydrogen-bond donors (Lipinski definition) is 1. The topological polar surface area (TPSA) is 50.9 Å². The van der Waals surface area contributed by atoms with E-state index in [2.05, 4.69) is 124 Å². The molecule has 0 spiro atoms. The Kier molecular flexibility index (Phi) is 8.41. The summed E-state index contributed by atoms with van der Waals surface area (Å²) in [6.07, 6.45) is 1.68. The van der Waals surface area contributed by atoms with Crippen LogP contribution in [-0.2, 0) is 5.41 Å². The van der Waals surface area contributed by atoms with Crippen molar-refractivity contribution in [2.24, 2.45) is 0 Å². The Bertz CT molecular complexity index is 3410. The van der Waals surface area contributed by atoms with Crippen molar-refractivity contribution in [3.8, 4) is 78.6 Å². The van der Waals surface area contributed by atoms with E-state index in [0.29, 0.717) is 28.2 Å². The number of phenolic OH excluding ortho intramolecular Hbond substituents is 1. The van der Waals surface area contributed by atoms with Gasteiger partial charge in [0.2, 0.25) is 0 Å². The molecule has 0 fully saturated rings. The monoisotopic (exact) mass is 830 g/mol. The first-order valence-electron chi connectivity index (χ1n) is 25.9. The van der Waals surface area contributed by atoms with Crippen LogP contribution in [0.1, 0.15) is 94.7 Å². The summed E-state index contributed by atoms with van der Waals surface area (Å²) in [5, 5.41) is 12.2. The SMILES string of the molecule is [2H]C([2H])([2H])C(c1ccc(-c2ccnc(-c3cc(-c4ccccc4)cc(-c4cccc5c4nc(-c4cc(C(C)C)cc(C(C)C)c4O)n5-c4cc(C)cc(-c5ccccc5)c4)c3)c2)cc1)(C([2H])([2H])[2H])C([2H])([2H])[2H]. The van der Waals surface area contributed by atoms with Gasteiger partial charge in [0.25, 0.3) is 0 Å². The second-order valence-corrected chi connectivity index (χ2v) is 17.1. The van der Waals surface area contributed by atoms with E-state index in [1.165, 1.54) is 12.1 Å². The second-order valence-electron chi connectivity index (χ2n) is 17.1. The third kappa shape index (κ3) is 8.22. The van der Waals surface area contributed by atoms with Gasteiger partial charge < -0.3 is 5.11 Å². The van der Waals surface area contributed by atoms with Crippen LogP contribution < -0.4 is 0 Å². The molecule has 312 valence electrons. The van der Waals surface area contributed by atoms with Gasteiger partial charge in [0.1, 0.15) is 11.6 Å². The number of rotatable bonds is 9. The van der Waals surface area contributed by atoms with Crippen LogP contribution >= 0.6 is 0 Å². The summed E-state index contributed by atoms with van der Waals surface area (Å²) < 4.78 is 76.0. The maximum atomic E-state index is 12.2. The highest BCUT2D eigenvalue weighted by Gasteiger charge is 2.24. The quantitative estimate of drug-likeness (QED) is 0.158. The van der Waals surface area contributed by atoms with Crippen LogP contribution in [0.15, 0.2) is 170 Å². The normalized spacial score (nSPS) is 14.6. The van der Waals surface area contributed by atoms with E-state index in [0.717, 1.165) is 72.4 Å². The molecular weight excluding hydrogens is 767 g/mol. The first-order chi connectivity index (χ1) is 34.1. The fourth-order valence-corrected chi connectivity index (χ4v) is 8.50. The van der Waals surface area contributed by atoms with Gasteiger partial charge >= 0.3 is 0 Å². The lowest BCUT2D eigenvalue weighted by Crippen LogP contribution is -2.10. The molecule has 0 aliphatic carbocycles. The molecule has 0 aliphatic rings. The number of phenols is 1. The summed E-state index contributed by atoms with van der Waals surface area (Å²) in [6.45, 7) is 0.472. The van der Waals surface area contributed by atoms with E-state index in [4.69, 9.17) is 22.3 Å². The summed E-state index contributed by atoms with van der Waals surface area (Å²) in [7, 11) is 0. The molecule has 2 heterocycles. The number of pyridine rings is 1. The Morgan fingerprint density at radius 2 is 1.21 bits per heavy atom. The predicted octanol–water partition coefficient (Wildman–Crippen LogP) is 16.0. The van der Waals surface area contributed by atoms with Crippen molar-refractivity contribution in [1.29, 1.82) is 0 Å². The maximum absolute atomic E-state index is 12.2. The van der Waals surface area contributed by atoms with E-state index in [-0.39, 0.29) is 23.1 Å². The van der Waals surface area contributed by atoms with Crippen LogP contribution in [0.4, 0.5) is 0 Å². The van der Waals surface area contributed by atoms with Crippen molar-refractivity contribution in [3.05, 3.63) is 192 Å². The second kappa shape index (κ2) is 16.7. The van der Waals surface area contributed by atoms with Crippen molar-refractivity contribution >= 4 is 11.0 Å². The van der Waals surface area contributed by atoms with Crippen molar-refractivity contribution in [2.45, 2.75) is 72.4 Å². The molecule has 0 bridgehead atoms. The highest BCUT2D eigenvalue weighted by Crippen LogP contribution is 2.44. The lowest BCUT2D eigenvalue weighted by molar-refractivity contribution is 0.466. The molecule has 9 aromatic rings. The van der Waals surface area contributed by atoms with Crippen LogP contribution in [0.5, 0.6) is 5.75 Å². The van der Waals surface area contributed by atoms with Gasteiger partial charge in [-0.2, -0.15) is 0 Å². The standard InChI is InChI=1S/C59H55N3O/c1-37(2)44-34-52(38(3)4)57(63)53(35-44)58-61-56-51(20-15-21-55(56)62(58)50-29-39(5)28-45(33-50)40-16-11-9-12-17-40)47-30-46(41-18-13-10-14-19-41)31-48(32-47)54-36-43(26-27-60-54)42-22-24-49(25-23-42)59(6,7)8/h9-38,63H,1-8H3/i6D3,7D3,8D3. The molecule has 0 saturated heterocycles. The Hall–Kier alpha value is -7.04. The van der Waals surface area contributed by atoms with Gasteiger partial charge in [-0.1, -0.05) is 157 Å². The molecular formula is C59H55N3O. The zero-order valence-corrected chi connectivity index (χ0v) is 36.1. The summed E-state index contributed by atoms with van der Waals surface area (Å²) in [5.41, 5.74) is 11.2. The molecule has 4 nitrogen and oxygen atoms in total. The van der Waals surface area contributed by atoms with Gasteiger partial charge in [-0.05, 0) is 140 Å². The Labute approximate surface area is 385 Å². The largest absolute Gasteiger partial charge is 0.507 e. The van der Waals surface area contributed by atoms with Crippen LogP contribution in [0.2, 0.25) is 0 Å². The zero-order valence-electron chi connectivity index (χ0n) is 45.1. The molecule has 0 unspecified atom stereocenters. The Morgan fingerprint density at radius 1 is 0.556 bits per heavy atom. The Morgan fingerprint density at radius 3 is 1.87 bits per heavy atom. The van der Waals surface area contributed by atoms with Crippen LogP contribution in [0, 0.1) is 6.92 Å². The van der Waals surface area contributed by atoms with Gasteiger partial charge in [-0.15, -0.1) is 0 Å².